The molecule has 1 heterocycles. The fourth-order valence-corrected chi connectivity index (χ4v) is 11.0. The van der Waals surface area contributed by atoms with E-state index >= 15 is 0 Å². The van der Waals surface area contributed by atoms with Crippen LogP contribution in [0.25, 0.3) is 42.4 Å². The molecule has 0 saturated carbocycles. The van der Waals surface area contributed by atoms with E-state index in [2.05, 4.69) is 207 Å². The molecule has 2 heteroatoms. The second kappa shape index (κ2) is 11.6. The molecule has 0 aliphatic heterocycles. The van der Waals surface area contributed by atoms with Crippen LogP contribution in [0.1, 0.15) is 47.2 Å². The number of rotatable bonds is 5. The van der Waals surface area contributed by atoms with Gasteiger partial charge in [0.05, 0.1) is 11.4 Å². The minimum atomic E-state index is -0.312. The Bertz CT molecular complexity index is 2920. The van der Waals surface area contributed by atoms with Crippen molar-refractivity contribution in [2.75, 3.05) is 4.90 Å². The molecule has 0 bridgehead atoms. The number of thiophene rings is 1. The summed E-state index contributed by atoms with van der Waals surface area (Å²) in [5.74, 6) is 0. The van der Waals surface area contributed by atoms with E-state index in [1.165, 1.54) is 87.2 Å². The molecule has 256 valence electrons. The zero-order valence-corrected chi connectivity index (χ0v) is 31.1. The molecule has 0 N–H and O–H groups in total. The normalized spacial score (nSPS) is 18.0. The van der Waals surface area contributed by atoms with Crippen LogP contribution in [0.15, 0.2) is 188 Å². The summed E-state index contributed by atoms with van der Waals surface area (Å²) in [6.45, 7) is 4.82. The van der Waals surface area contributed by atoms with Gasteiger partial charge in [0, 0.05) is 42.3 Å². The zero-order valence-electron chi connectivity index (χ0n) is 30.3. The Morgan fingerprint density at radius 3 is 1.70 bits per heavy atom. The number of benzene rings is 8. The van der Waals surface area contributed by atoms with Crippen molar-refractivity contribution >= 4 is 48.6 Å². The predicted octanol–water partition coefficient (Wildman–Crippen LogP) is 14.2. The van der Waals surface area contributed by atoms with Crippen molar-refractivity contribution in [3.05, 3.63) is 221 Å². The number of fused-ring (bicyclic) bond motifs is 9. The molecule has 1 nitrogen and oxygen atoms in total. The SMILES string of the molecule is CC1(c2ccccc2)c2ccccc2-c2ccc(N(c3cccc4c3-c3ccccc3C4(C)c3ccccc3)c3cccc4sc5ccccc5c34)cc21. The third-order valence-electron chi connectivity index (χ3n) is 12.4. The molecule has 9 aromatic rings. The molecule has 2 aliphatic carbocycles. The molecular formula is C52H37NS. The summed E-state index contributed by atoms with van der Waals surface area (Å²) >= 11 is 1.88. The first-order valence-corrected chi connectivity index (χ1v) is 19.7. The van der Waals surface area contributed by atoms with E-state index in [4.69, 9.17) is 0 Å². The Labute approximate surface area is 320 Å². The van der Waals surface area contributed by atoms with Gasteiger partial charge in [0.1, 0.15) is 0 Å². The molecule has 2 unspecified atom stereocenters. The number of nitrogens with zero attached hydrogens (tertiary/aromatic N) is 1. The summed E-state index contributed by atoms with van der Waals surface area (Å²) in [5, 5.41) is 2.59. The van der Waals surface area contributed by atoms with Crippen LogP contribution < -0.4 is 4.90 Å². The van der Waals surface area contributed by atoms with Gasteiger partial charge in [-0.3, -0.25) is 0 Å². The lowest BCUT2D eigenvalue weighted by molar-refractivity contribution is 0.713. The van der Waals surface area contributed by atoms with E-state index in [1.54, 1.807) is 0 Å². The minimum Gasteiger partial charge on any atom is -0.309 e. The average molecular weight is 708 g/mol. The van der Waals surface area contributed by atoms with Crippen molar-refractivity contribution in [2.45, 2.75) is 24.7 Å². The molecule has 11 rings (SSSR count). The second-order valence-electron chi connectivity index (χ2n) is 15.1. The summed E-state index contributed by atoms with van der Waals surface area (Å²) in [5.41, 5.74) is 16.1. The Kier molecular flexibility index (Phi) is 6.75. The van der Waals surface area contributed by atoms with Crippen molar-refractivity contribution < 1.29 is 0 Å². The van der Waals surface area contributed by atoms with Gasteiger partial charge < -0.3 is 4.90 Å². The van der Waals surface area contributed by atoms with E-state index in [0.29, 0.717) is 0 Å². The van der Waals surface area contributed by atoms with E-state index in [0.717, 1.165) is 5.69 Å². The lowest BCUT2D eigenvalue weighted by atomic mass is 9.74. The van der Waals surface area contributed by atoms with Crippen LogP contribution >= 0.6 is 11.3 Å². The van der Waals surface area contributed by atoms with Crippen molar-refractivity contribution in [1.82, 2.24) is 0 Å². The van der Waals surface area contributed by atoms with Gasteiger partial charge in [0.2, 0.25) is 0 Å². The third kappa shape index (κ3) is 4.20. The van der Waals surface area contributed by atoms with Crippen molar-refractivity contribution in [1.29, 1.82) is 0 Å². The molecule has 0 fully saturated rings. The molecule has 1 aromatic heterocycles. The molecule has 0 radical (unpaired) electrons. The topological polar surface area (TPSA) is 3.24 Å². The quantitative estimate of drug-likeness (QED) is 0.172. The molecule has 54 heavy (non-hydrogen) atoms. The molecular weight excluding hydrogens is 671 g/mol. The Morgan fingerprint density at radius 2 is 0.944 bits per heavy atom. The predicted molar refractivity (Wildman–Crippen MR) is 229 cm³/mol. The Hall–Kier alpha value is -6.22. The van der Waals surface area contributed by atoms with Crippen LogP contribution in [0, 0.1) is 0 Å². The largest absolute Gasteiger partial charge is 0.309 e. The van der Waals surface area contributed by atoms with Gasteiger partial charge >= 0.3 is 0 Å². The standard InChI is InChI=1S/C52H37NS/c1-51(34-17-5-3-6-18-34)42-25-13-10-22-39(42)49-43(51)26-15-27-45(49)53(46-28-16-30-48-50(46)40-23-11-14-29-47(40)54-48)36-31-32-38-37-21-9-12-24-41(37)52(2,44(38)33-36)35-19-7-4-8-20-35/h3-33H,1-2H3. The summed E-state index contributed by atoms with van der Waals surface area (Å²) in [6, 6.07) is 70.1. The van der Waals surface area contributed by atoms with Crippen LogP contribution in [0.4, 0.5) is 17.1 Å². The van der Waals surface area contributed by atoms with Gasteiger partial charge in [-0.1, -0.05) is 152 Å². The first-order valence-electron chi connectivity index (χ1n) is 18.9. The lowest BCUT2D eigenvalue weighted by Crippen LogP contribution is -2.23. The maximum Gasteiger partial charge on any atom is 0.0555 e. The fourth-order valence-electron chi connectivity index (χ4n) is 9.84. The number of hydrogen-bond donors (Lipinski definition) is 0. The Balaban J connectivity index is 1.23. The highest BCUT2D eigenvalue weighted by Crippen LogP contribution is 2.59. The van der Waals surface area contributed by atoms with Crippen LogP contribution in [0.2, 0.25) is 0 Å². The summed E-state index contributed by atoms with van der Waals surface area (Å²) < 4.78 is 2.60. The highest BCUT2D eigenvalue weighted by Gasteiger charge is 2.44. The van der Waals surface area contributed by atoms with Crippen LogP contribution in [0.3, 0.4) is 0 Å². The van der Waals surface area contributed by atoms with Gasteiger partial charge in [-0.15, -0.1) is 11.3 Å². The number of anilines is 3. The Morgan fingerprint density at radius 1 is 0.407 bits per heavy atom. The van der Waals surface area contributed by atoms with Gasteiger partial charge in [0.25, 0.3) is 0 Å². The van der Waals surface area contributed by atoms with Crippen LogP contribution in [-0.2, 0) is 10.8 Å². The molecule has 2 atom stereocenters. The fraction of sp³-hybridized carbons (Fsp3) is 0.0769. The van der Waals surface area contributed by atoms with Crippen molar-refractivity contribution in [2.24, 2.45) is 0 Å². The second-order valence-corrected chi connectivity index (χ2v) is 16.2. The minimum absolute atomic E-state index is 0.304. The summed E-state index contributed by atoms with van der Waals surface area (Å²) in [7, 11) is 0. The first kappa shape index (κ1) is 31.3. The van der Waals surface area contributed by atoms with E-state index in [-0.39, 0.29) is 10.8 Å². The molecule has 8 aromatic carbocycles. The number of hydrogen-bond acceptors (Lipinski definition) is 2. The van der Waals surface area contributed by atoms with Gasteiger partial charge in [-0.25, -0.2) is 0 Å². The third-order valence-corrected chi connectivity index (χ3v) is 13.6. The van der Waals surface area contributed by atoms with Crippen LogP contribution in [0.5, 0.6) is 0 Å². The van der Waals surface area contributed by atoms with Crippen molar-refractivity contribution in [3.63, 3.8) is 0 Å². The van der Waals surface area contributed by atoms with Gasteiger partial charge in [0.15, 0.2) is 0 Å². The highest BCUT2D eigenvalue weighted by atomic mass is 32.1. The van der Waals surface area contributed by atoms with E-state index in [1.807, 2.05) is 11.3 Å². The van der Waals surface area contributed by atoms with E-state index in [9.17, 15) is 0 Å². The van der Waals surface area contributed by atoms with E-state index < -0.39 is 0 Å². The lowest BCUT2D eigenvalue weighted by Gasteiger charge is -2.32. The molecule has 0 spiro atoms. The molecule has 0 saturated heterocycles. The maximum atomic E-state index is 2.57. The smallest absolute Gasteiger partial charge is 0.0555 e. The van der Waals surface area contributed by atoms with Crippen molar-refractivity contribution in [3.8, 4) is 22.3 Å². The van der Waals surface area contributed by atoms with Gasteiger partial charge in [-0.2, -0.15) is 0 Å². The zero-order chi connectivity index (χ0) is 36.0. The first-order chi connectivity index (χ1) is 26.6. The average Bonchev–Trinajstić information content (AvgIpc) is 3.84. The molecule has 2 aliphatic rings. The highest BCUT2D eigenvalue weighted by molar-refractivity contribution is 7.26. The molecule has 0 amide bonds. The summed E-state index contributed by atoms with van der Waals surface area (Å²) in [4.78, 5) is 2.57. The summed E-state index contributed by atoms with van der Waals surface area (Å²) in [6.07, 6.45) is 0. The monoisotopic (exact) mass is 707 g/mol. The maximum absolute atomic E-state index is 2.57. The van der Waals surface area contributed by atoms with Crippen LogP contribution in [-0.4, -0.2) is 0 Å². The van der Waals surface area contributed by atoms with Gasteiger partial charge in [-0.05, 0) is 100 Å².